The molecule has 0 bridgehead atoms. The molecule has 0 atom stereocenters. The molecule has 0 unspecified atom stereocenters. The number of hydrogen-bond donors (Lipinski definition) is 0. The van der Waals surface area contributed by atoms with E-state index in [1.807, 2.05) is 6.07 Å². The van der Waals surface area contributed by atoms with Crippen molar-refractivity contribution in [3.8, 4) is 0 Å². The van der Waals surface area contributed by atoms with E-state index in [2.05, 4.69) is 9.97 Å². The van der Waals surface area contributed by atoms with Crippen molar-refractivity contribution in [3.63, 3.8) is 0 Å². The summed E-state index contributed by atoms with van der Waals surface area (Å²) in [7, 11) is 1.62. The summed E-state index contributed by atoms with van der Waals surface area (Å²) in [6.45, 7) is 0. The summed E-state index contributed by atoms with van der Waals surface area (Å²) < 4.78 is 37.6. The lowest BCUT2D eigenvalue weighted by Crippen LogP contribution is -2.16. The summed E-state index contributed by atoms with van der Waals surface area (Å²) in [5.74, 6) is 0.0102. The van der Waals surface area contributed by atoms with Gasteiger partial charge in [0.15, 0.2) is 0 Å². The van der Waals surface area contributed by atoms with E-state index in [4.69, 9.17) is 0 Å². The Labute approximate surface area is 102 Å². The fourth-order valence-corrected chi connectivity index (χ4v) is 1.43. The van der Waals surface area contributed by atoms with Crippen LogP contribution in [0.1, 0.15) is 5.69 Å². The number of anilines is 2. The predicted octanol–water partition coefficient (Wildman–Crippen LogP) is 3.26. The Morgan fingerprint density at radius 2 is 1.72 bits per heavy atom. The van der Waals surface area contributed by atoms with Gasteiger partial charge < -0.3 is 4.90 Å². The minimum absolute atomic E-state index is 0.0102. The van der Waals surface area contributed by atoms with Crippen LogP contribution in [0.5, 0.6) is 0 Å². The van der Waals surface area contributed by atoms with Gasteiger partial charge in [-0.1, -0.05) is 18.2 Å². The highest BCUT2D eigenvalue weighted by molar-refractivity contribution is 5.55. The molecule has 0 saturated heterocycles. The lowest BCUT2D eigenvalue weighted by Gasteiger charge is -2.17. The summed E-state index contributed by atoms with van der Waals surface area (Å²) in [6, 6.07) is 9.79. The van der Waals surface area contributed by atoms with Gasteiger partial charge in [0.05, 0.1) is 0 Å². The number of aromatic nitrogens is 2. The maximum Gasteiger partial charge on any atom is 0.433 e. The lowest BCUT2D eigenvalue weighted by atomic mass is 10.3. The lowest BCUT2D eigenvalue weighted by molar-refractivity contribution is -0.141. The van der Waals surface area contributed by atoms with E-state index in [-0.39, 0.29) is 5.95 Å². The average Bonchev–Trinajstić information content (AvgIpc) is 2.38. The van der Waals surface area contributed by atoms with Crippen LogP contribution in [-0.2, 0) is 6.18 Å². The van der Waals surface area contributed by atoms with Crippen LogP contribution in [0.15, 0.2) is 42.6 Å². The molecule has 1 heterocycles. The van der Waals surface area contributed by atoms with Gasteiger partial charge >= 0.3 is 6.18 Å². The molecule has 3 nitrogen and oxygen atoms in total. The highest BCUT2D eigenvalue weighted by Gasteiger charge is 2.33. The quantitative estimate of drug-likeness (QED) is 0.822. The molecule has 2 aromatic rings. The number of alkyl halides is 3. The maximum absolute atomic E-state index is 12.5. The summed E-state index contributed by atoms with van der Waals surface area (Å²) >= 11 is 0. The Bertz CT molecular complexity index is 526. The third-order valence-electron chi connectivity index (χ3n) is 2.38. The zero-order chi connectivity index (χ0) is 13.2. The molecular formula is C12H10F3N3. The van der Waals surface area contributed by atoms with Crippen molar-refractivity contribution >= 4 is 11.6 Å². The molecule has 0 N–H and O–H groups in total. The van der Waals surface area contributed by atoms with E-state index < -0.39 is 11.9 Å². The van der Waals surface area contributed by atoms with Crippen LogP contribution in [0.25, 0.3) is 0 Å². The molecule has 6 heteroatoms. The second kappa shape index (κ2) is 4.64. The Hall–Kier alpha value is -2.11. The van der Waals surface area contributed by atoms with Gasteiger partial charge in [-0.25, -0.2) is 9.97 Å². The first kappa shape index (κ1) is 12.3. The highest BCUT2D eigenvalue weighted by Crippen LogP contribution is 2.29. The highest BCUT2D eigenvalue weighted by atomic mass is 19.4. The van der Waals surface area contributed by atoms with Crippen molar-refractivity contribution in [2.45, 2.75) is 6.18 Å². The van der Waals surface area contributed by atoms with Gasteiger partial charge in [0.1, 0.15) is 5.69 Å². The first-order valence-corrected chi connectivity index (χ1v) is 5.17. The Balaban J connectivity index is 2.35. The summed E-state index contributed by atoms with van der Waals surface area (Å²) in [4.78, 5) is 8.85. The SMILES string of the molecule is CN(c1ccccc1)c1nccc(C(F)(F)F)n1. The van der Waals surface area contributed by atoms with Crippen LogP contribution in [0.3, 0.4) is 0 Å². The van der Waals surface area contributed by atoms with E-state index in [0.29, 0.717) is 0 Å². The molecule has 0 fully saturated rings. The van der Waals surface area contributed by atoms with Crippen molar-refractivity contribution in [3.05, 3.63) is 48.3 Å². The number of nitrogens with zero attached hydrogens (tertiary/aromatic N) is 3. The third-order valence-corrected chi connectivity index (χ3v) is 2.38. The largest absolute Gasteiger partial charge is 0.433 e. The third kappa shape index (κ3) is 2.58. The van der Waals surface area contributed by atoms with E-state index in [1.165, 1.54) is 4.90 Å². The number of hydrogen-bond acceptors (Lipinski definition) is 3. The van der Waals surface area contributed by atoms with Crippen LogP contribution in [-0.4, -0.2) is 17.0 Å². The Morgan fingerprint density at radius 3 is 2.33 bits per heavy atom. The number of rotatable bonds is 2. The van der Waals surface area contributed by atoms with Crippen molar-refractivity contribution in [2.24, 2.45) is 0 Å². The van der Waals surface area contributed by atoms with Crippen LogP contribution < -0.4 is 4.90 Å². The molecule has 1 aromatic heterocycles. The molecule has 0 aliphatic heterocycles. The first-order chi connectivity index (χ1) is 8.48. The summed E-state index contributed by atoms with van der Waals surface area (Å²) in [5, 5.41) is 0. The van der Waals surface area contributed by atoms with Gasteiger partial charge in [-0.2, -0.15) is 13.2 Å². The summed E-state index contributed by atoms with van der Waals surface area (Å²) in [6.07, 6.45) is -3.36. The molecule has 2 rings (SSSR count). The molecule has 0 spiro atoms. The van der Waals surface area contributed by atoms with Gasteiger partial charge in [0.2, 0.25) is 5.95 Å². The van der Waals surface area contributed by atoms with Gasteiger partial charge in [0.25, 0.3) is 0 Å². The molecule has 0 saturated carbocycles. The molecule has 18 heavy (non-hydrogen) atoms. The van der Waals surface area contributed by atoms with Crippen molar-refractivity contribution in [2.75, 3.05) is 11.9 Å². The smallest absolute Gasteiger partial charge is 0.314 e. The minimum Gasteiger partial charge on any atom is -0.314 e. The maximum atomic E-state index is 12.5. The number of benzene rings is 1. The van der Waals surface area contributed by atoms with Crippen LogP contribution in [0.2, 0.25) is 0 Å². The fourth-order valence-electron chi connectivity index (χ4n) is 1.43. The van der Waals surface area contributed by atoms with Gasteiger partial charge in [-0.3, -0.25) is 0 Å². The van der Waals surface area contributed by atoms with Crippen molar-refractivity contribution in [1.82, 2.24) is 9.97 Å². The van der Waals surface area contributed by atoms with E-state index in [9.17, 15) is 13.2 Å². The molecular weight excluding hydrogens is 243 g/mol. The van der Waals surface area contributed by atoms with E-state index in [0.717, 1.165) is 18.0 Å². The molecule has 0 radical (unpaired) electrons. The molecule has 0 aliphatic carbocycles. The van der Waals surface area contributed by atoms with E-state index >= 15 is 0 Å². The monoisotopic (exact) mass is 253 g/mol. The van der Waals surface area contributed by atoms with Gasteiger partial charge in [0, 0.05) is 18.9 Å². The second-order valence-corrected chi connectivity index (χ2v) is 3.63. The molecule has 1 aromatic carbocycles. The van der Waals surface area contributed by atoms with Gasteiger partial charge in [-0.05, 0) is 18.2 Å². The minimum atomic E-state index is -4.46. The Morgan fingerprint density at radius 1 is 1.06 bits per heavy atom. The summed E-state index contributed by atoms with van der Waals surface area (Å²) in [5.41, 5.74) is -0.230. The normalized spacial score (nSPS) is 11.3. The molecule has 94 valence electrons. The fraction of sp³-hybridized carbons (Fsp3) is 0.167. The first-order valence-electron chi connectivity index (χ1n) is 5.17. The van der Waals surface area contributed by atoms with E-state index in [1.54, 1.807) is 31.3 Å². The van der Waals surface area contributed by atoms with Gasteiger partial charge in [-0.15, -0.1) is 0 Å². The second-order valence-electron chi connectivity index (χ2n) is 3.63. The number of para-hydroxylation sites is 1. The van der Waals surface area contributed by atoms with Crippen LogP contribution >= 0.6 is 0 Å². The molecule has 0 amide bonds. The van der Waals surface area contributed by atoms with Crippen molar-refractivity contribution < 1.29 is 13.2 Å². The zero-order valence-corrected chi connectivity index (χ0v) is 9.52. The Kier molecular flexibility index (Phi) is 3.18. The zero-order valence-electron chi connectivity index (χ0n) is 9.52. The van der Waals surface area contributed by atoms with Crippen molar-refractivity contribution in [1.29, 1.82) is 0 Å². The van der Waals surface area contributed by atoms with Crippen LogP contribution in [0, 0.1) is 0 Å². The topological polar surface area (TPSA) is 29.0 Å². The predicted molar refractivity (Wildman–Crippen MR) is 61.5 cm³/mol. The standard InChI is InChI=1S/C12H10F3N3/c1-18(9-5-3-2-4-6-9)11-16-8-7-10(17-11)12(13,14)15/h2-8H,1H3. The molecule has 0 aliphatic rings. The average molecular weight is 253 g/mol. The van der Waals surface area contributed by atoms with Crippen LogP contribution in [0.4, 0.5) is 24.8 Å². The number of halogens is 3.